The van der Waals surface area contributed by atoms with Crippen LogP contribution in [0.5, 0.6) is 0 Å². The zero-order valence-electron chi connectivity index (χ0n) is 10.0. The second-order valence-electron chi connectivity index (χ2n) is 3.84. The fourth-order valence-electron chi connectivity index (χ4n) is 1.40. The van der Waals surface area contributed by atoms with Crippen molar-refractivity contribution in [1.82, 2.24) is 4.72 Å². The Morgan fingerprint density at radius 1 is 1.41 bits per heavy atom. The summed E-state index contributed by atoms with van der Waals surface area (Å²) in [7, 11) is -3.44. The van der Waals surface area contributed by atoms with E-state index in [0.29, 0.717) is 17.7 Å². The maximum atomic E-state index is 11.9. The topological polar surface area (TPSA) is 70.0 Å². The molecule has 17 heavy (non-hydrogen) atoms. The molecule has 0 fully saturated rings. The number of hydrogen-bond acceptors (Lipinski definition) is 3. The molecule has 0 unspecified atom stereocenters. The molecule has 1 rings (SSSR count). The summed E-state index contributed by atoms with van der Waals surface area (Å²) < 4.78 is 26.3. The zero-order chi connectivity index (χ0) is 12.9. The van der Waals surface area contributed by atoms with E-state index in [9.17, 15) is 8.42 Å². The van der Waals surface area contributed by atoms with Gasteiger partial charge in [-0.15, -0.1) is 0 Å². The number of nitriles is 1. The van der Waals surface area contributed by atoms with Crippen molar-refractivity contribution in [2.75, 3.05) is 6.54 Å². The van der Waals surface area contributed by atoms with E-state index in [0.717, 1.165) is 12.8 Å². The molecule has 5 heteroatoms. The summed E-state index contributed by atoms with van der Waals surface area (Å²) in [6.45, 7) is 4.17. The van der Waals surface area contributed by atoms with Crippen LogP contribution in [-0.4, -0.2) is 15.0 Å². The van der Waals surface area contributed by atoms with Crippen molar-refractivity contribution in [2.24, 2.45) is 0 Å². The molecule has 0 aromatic heterocycles. The Kier molecular flexibility index (Phi) is 4.67. The van der Waals surface area contributed by atoms with Gasteiger partial charge in [0.15, 0.2) is 0 Å². The van der Waals surface area contributed by atoms with Gasteiger partial charge in [0.1, 0.15) is 0 Å². The number of hydrogen-bond donors (Lipinski definition) is 1. The van der Waals surface area contributed by atoms with Crippen LogP contribution in [0.3, 0.4) is 0 Å². The number of rotatable bonds is 5. The number of sulfonamides is 1. The molecule has 0 bridgehead atoms. The Morgan fingerprint density at radius 3 is 2.65 bits per heavy atom. The first-order valence-corrected chi connectivity index (χ1v) is 7.00. The lowest BCUT2D eigenvalue weighted by molar-refractivity contribution is 0.578. The first-order valence-electron chi connectivity index (χ1n) is 5.51. The second-order valence-corrected chi connectivity index (χ2v) is 5.61. The standard InChI is InChI=1S/C12H16N2O2S/c1-3-4-7-14-17(15,16)12-6-5-11(9-13)10(2)8-12/h5-6,8,14H,3-4,7H2,1-2H3. The first-order chi connectivity index (χ1) is 8.01. The van der Waals surface area contributed by atoms with Gasteiger partial charge in [-0.2, -0.15) is 5.26 Å². The van der Waals surface area contributed by atoms with Gasteiger partial charge in [0, 0.05) is 6.54 Å². The van der Waals surface area contributed by atoms with E-state index < -0.39 is 10.0 Å². The van der Waals surface area contributed by atoms with Gasteiger partial charge >= 0.3 is 0 Å². The Hall–Kier alpha value is -1.38. The molecule has 0 spiro atoms. The molecule has 0 aliphatic heterocycles. The summed E-state index contributed by atoms with van der Waals surface area (Å²) in [6, 6.07) is 6.52. The Balaban J connectivity index is 2.93. The largest absolute Gasteiger partial charge is 0.240 e. The third-order valence-electron chi connectivity index (χ3n) is 2.45. The van der Waals surface area contributed by atoms with Gasteiger partial charge in [-0.05, 0) is 37.1 Å². The van der Waals surface area contributed by atoms with Crippen molar-refractivity contribution < 1.29 is 8.42 Å². The van der Waals surface area contributed by atoms with E-state index in [2.05, 4.69) is 4.72 Å². The highest BCUT2D eigenvalue weighted by Crippen LogP contribution is 2.14. The molecule has 0 atom stereocenters. The Bertz CT molecular complexity index is 530. The van der Waals surface area contributed by atoms with Crippen LogP contribution in [0.4, 0.5) is 0 Å². The lowest BCUT2D eigenvalue weighted by atomic mass is 10.1. The molecular formula is C12H16N2O2S. The highest BCUT2D eigenvalue weighted by atomic mass is 32.2. The number of aryl methyl sites for hydroxylation is 1. The van der Waals surface area contributed by atoms with Gasteiger partial charge in [0.25, 0.3) is 0 Å². The molecule has 0 aliphatic rings. The molecule has 0 aliphatic carbocycles. The van der Waals surface area contributed by atoms with Gasteiger partial charge in [0.05, 0.1) is 16.5 Å². The van der Waals surface area contributed by atoms with E-state index in [1.165, 1.54) is 18.2 Å². The van der Waals surface area contributed by atoms with Crippen molar-refractivity contribution >= 4 is 10.0 Å². The van der Waals surface area contributed by atoms with Gasteiger partial charge in [0.2, 0.25) is 10.0 Å². The number of nitrogens with zero attached hydrogens (tertiary/aromatic N) is 1. The molecule has 1 aromatic carbocycles. The quantitative estimate of drug-likeness (QED) is 0.814. The molecule has 0 amide bonds. The number of unbranched alkanes of at least 4 members (excludes halogenated alkanes) is 1. The highest BCUT2D eigenvalue weighted by Gasteiger charge is 2.14. The third kappa shape index (κ3) is 3.55. The number of benzene rings is 1. The monoisotopic (exact) mass is 252 g/mol. The zero-order valence-corrected chi connectivity index (χ0v) is 10.8. The average molecular weight is 252 g/mol. The van der Waals surface area contributed by atoms with E-state index >= 15 is 0 Å². The maximum Gasteiger partial charge on any atom is 0.240 e. The molecule has 0 heterocycles. The normalized spacial score (nSPS) is 11.1. The summed E-state index contributed by atoms with van der Waals surface area (Å²) in [5, 5.41) is 8.77. The van der Waals surface area contributed by atoms with Crippen molar-refractivity contribution in [3.63, 3.8) is 0 Å². The summed E-state index contributed by atoms with van der Waals surface area (Å²) in [5.41, 5.74) is 1.17. The molecule has 0 saturated heterocycles. The Labute approximate surface area is 102 Å². The van der Waals surface area contributed by atoms with Crippen LogP contribution in [0.25, 0.3) is 0 Å². The van der Waals surface area contributed by atoms with Crippen LogP contribution in [0.2, 0.25) is 0 Å². The van der Waals surface area contributed by atoms with Crippen molar-refractivity contribution in [3.8, 4) is 6.07 Å². The molecule has 92 valence electrons. The summed E-state index contributed by atoms with van der Waals surface area (Å²) in [5.74, 6) is 0. The van der Waals surface area contributed by atoms with Crippen LogP contribution in [0.1, 0.15) is 30.9 Å². The molecular weight excluding hydrogens is 236 g/mol. The summed E-state index contributed by atoms with van der Waals surface area (Å²) in [4.78, 5) is 0.213. The van der Waals surface area contributed by atoms with Gasteiger partial charge in [-0.25, -0.2) is 13.1 Å². The maximum absolute atomic E-state index is 11.9. The molecule has 4 nitrogen and oxygen atoms in total. The fourth-order valence-corrected chi connectivity index (χ4v) is 2.55. The molecule has 0 radical (unpaired) electrons. The second kappa shape index (κ2) is 5.80. The summed E-state index contributed by atoms with van der Waals surface area (Å²) >= 11 is 0. The molecule has 1 N–H and O–H groups in total. The van der Waals surface area contributed by atoms with E-state index in [1.54, 1.807) is 6.92 Å². The van der Waals surface area contributed by atoms with E-state index in [4.69, 9.17) is 5.26 Å². The predicted molar refractivity (Wildman–Crippen MR) is 66.0 cm³/mol. The van der Waals surface area contributed by atoms with E-state index in [-0.39, 0.29) is 4.90 Å². The summed E-state index contributed by atoms with van der Waals surface area (Å²) in [6.07, 6.45) is 1.75. The van der Waals surface area contributed by atoms with Crippen LogP contribution < -0.4 is 4.72 Å². The minimum absolute atomic E-state index is 0.213. The van der Waals surface area contributed by atoms with Crippen LogP contribution >= 0.6 is 0 Å². The minimum Gasteiger partial charge on any atom is -0.211 e. The fraction of sp³-hybridized carbons (Fsp3) is 0.417. The Morgan fingerprint density at radius 2 is 2.12 bits per heavy atom. The van der Waals surface area contributed by atoms with Crippen LogP contribution in [0.15, 0.2) is 23.1 Å². The lowest BCUT2D eigenvalue weighted by Crippen LogP contribution is -2.24. The third-order valence-corrected chi connectivity index (χ3v) is 3.91. The van der Waals surface area contributed by atoms with Gasteiger partial charge < -0.3 is 0 Å². The predicted octanol–water partition coefficient (Wildman–Crippen LogP) is 1.95. The van der Waals surface area contributed by atoms with Crippen molar-refractivity contribution in [3.05, 3.63) is 29.3 Å². The van der Waals surface area contributed by atoms with Crippen LogP contribution in [-0.2, 0) is 10.0 Å². The van der Waals surface area contributed by atoms with Gasteiger partial charge in [-0.1, -0.05) is 13.3 Å². The smallest absolute Gasteiger partial charge is 0.211 e. The highest BCUT2D eigenvalue weighted by molar-refractivity contribution is 7.89. The molecule has 1 aromatic rings. The van der Waals surface area contributed by atoms with Crippen molar-refractivity contribution in [2.45, 2.75) is 31.6 Å². The molecule has 0 saturated carbocycles. The van der Waals surface area contributed by atoms with Crippen molar-refractivity contribution in [1.29, 1.82) is 5.26 Å². The average Bonchev–Trinajstić information content (AvgIpc) is 2.29. The van der Waals surface area contributed by atoms with E-state index in [1.807, 2.05) is 13.0 Å². The lowest BCUT2D eigenvalue weighted by Gasteiger charge is -2.07. The number of nitrogens with one attached hydrogen (secondary N) is 1. The van der Waals surface area contributed by atoms with Crippen LogP contribution in [0, 0.1) is 18.3 Å². The first kappa shape index (κ1) is 13.7. The SMILES string of the molecule is CCCCNS(=O)(=O)c1ccc(C#N)c(C)c1. The minimum atomic E-state index is -3.44. The van der Waals surface area contributed by atoms with Gasteiger partial charge in [-0.3, -0.25) is 0 Å².